The van der Waals surface area contributed by atoms with E-state index in [1.165, 1.54) is 12.8 Å². The average molecular weight is 391 g/mol. The van der Waals surface area contributed by atoms with Crippen LogP contribution in [0, 0.1) is 0 Å². The lowest BCUT2D eigenvalue weighted by molar-refractivity contribution is 0.0707. The van der Waals surface area contributed by atoms with Gasteiger partial charge >= 0.3 is 0 Å². The highest BCUT2D eigenvalue weighted by molar-refractivity contribution is 5.96. The third-order valence-corrected chi connectivity index (χ3v) is 5.46. The van der Waals surface area contributed by atoms with Crippen molar-refractivity contribution in [1.29, 1.82) is 0 Å². The lowest BCUT2D eigenvalue weighted by Gasteiger charge is -2.29. The van der Waals surface area contributed by atoms with Crippen LogP contribution in [0.25, 0.3) is 0 Å². The molecule has 2 heterocycles. The molecule has 1 aromatic rings. The number of carbonyl (C=O) groups excluding carboxylic acids is 1. The molecule has 2 fully saturated rings. The van der Waals surface area contributed by atoms with Gasteiger partial charge in [0.25, 0.3) is 5.91 Å². The van der Waals surface area contributed by atoms with Crippen molar-refractivity contribution in [2.24, 2.45) is 0 Å². The van der Waals surface area contributed by atoms with E-state index in [4.69, 9.17) is 14.2 Å². The maximum absolute atomic E-state index is 13.4. The standard InChI is InChI=1S/C22H34N2O4/c1-4-26-19-14-17(15-20(27-5-2)21(19)28-6-3)22(25)24-13-9-10-18(24)16-23-11-7-8-12-23/h14-15,18H,4-13,16H2,1-3H3. The number of ether oxygens (including phenoxy) is 3. The first-order chi connectivity index (χ1) is 13.7. The van der Waals surface area contributed by atoms with Gasteiger partial charge in [-0.25, -0.2) is 0 Å². The quantitative estimate of drug-likeness (QED) is 0.645. The SMILES string of the molecule is CCOc1cc(C(=O)N2CCCC2CN2CCCC2)cc(OCC)c1OCC. The van der Waals surface area contributed by atoms with Gasteiger partial charge in [-0.3, -0.25) is 4.79 Å². The molecule has 0 radical (unpaired) electrons. The molecule has 0 aliphatic carbocycles. The van der Waals surface area contributed by atoms with Crippen LogP contribution in [0.15, 0.2) is 12.1 Å². The van der Waals surface area contributed by atoms with Gasteiger partial charge in [-0.2, -0.15) is 0 Å². The monoisotopic (exact) mass is 390 g/mol. The van der Waals surface area contributed by atoms with Crippen molar-refractivity contribution in [2.75, 3.05) is 46.0 Å². The number of benzene rings is 1. The minimum atomic E-state index is 0.0617. The highest BCUT2D eigenvalue weighted by atomic mass is 16.5. The summed E-state index contributed by atoms with van der Waals surface area (Å²) in [5, 5.41) is 0. The second kappa shape index (κ2) is 10.0. The minimum Gasteiger partial charge on any atom is -0.490 e. The molecule has 156 valence electrons. The van der Waals surface area contributed by atoms with E-state index in [0.29, 0.717) is 48.7 Å². The van der Waals surface area contributed by atoms with Crippen LogP contribution in [-0.4, -0.2) is 67.7 Å². The maximum Gasteiger partial charge on any atom is 0.254 e. The van der Waals surface area contributed by atoms with Gasteiger partial charge in [0.15, 0.2) is 11.5 Å². The molecule has 6 heteroatoms. The maximum atomic E-state index is 13.4. The Labute approximate surface area is 168 Å². The predicted molar refractivity (Wildman–Crippen MR) is 110 cm³/mol. The second-order valence-corrected chi connectivity index (χ2v) is 7.40. The minimum absolute atomic E-state index is 0.0617. The highest BCUT2D eigenvalue weighted by Crippen LogP contribution is 2.40. The van der Waals surface area contributed by atoms with E-state index in [1.54, 1.807) is 0 Å². The van der Waals surface area contributed by atoms with E-state index in [0.717, 1.165) is 39.0 Å². The zero-order chi connectivity index (χ0) is 19.9. The van der Waals surface area contributed by atoms with E-state index in [1.807, 2.05) is 37.8 Å². The normalized spacial score (nSPS) is 19.8. The number of nitrogens with zero attached hydrogens (tertiary/aromatic N) is 2. The fourth-order valence-electron chi connectivity index (χ4n) is 4.23. The molecule has 1 amide bonds. The van der Waals surface area contributed by atoms with Gasteiger partial charge in [0, 0.05) is 24.7 Å². The Morgan fingerprint density at radius 3 is 2.11 bits per heavy atom. The summed E-state index contributed by atoms with van der Waals surface area (Å²) in [6, 6.07) is 3.91. The summed E-state index contributed by atoms with van der Waals surface area (Å²) in [5.74, 6) is 1.80. The molecule has 2 aliphatic heterocycles. The van der Waals surface area contributed by atoms with Crippen LogP contribution in [-0.2, 0) is 0 Å². The molecular weight excluding hydrogens is 356 g/mol. The predicted octanol–water partition coefficient (Wildman–Crippen LogP) is 3.58. The molecule has 1 aromatic carbocycles. The molecular formula is C22H34N2O4. The number of hydrogen-bond donors (Lipinski definition) is 0. The largest absolute Gasteiger partial charge is 0.490 e. The summed E-state index contributed by atoms with van der Waals surface area (Å²) < 4.78 is 17.3. The van der Waals surface area contributed by atoms with E-state index in [9.17, 15) is 4.79 Å². The Balaban J connectivity index is 1.84. The first-order valence-electron chi connectivity index (χ1n) is 10.8. The summed E-state index contributed by atoms with van der Waals surface area (Å²) in [7, 11) is 0. The molecule has 28 heavy (non-hydrogen) atoms. The molecule has 0 bridgehead atoms. The van der Waals surface area contributed by atoms with Crippen molar-refractivity contribution in [1.82, 2.24) is 9.80 Å². The van der Waals surface area contributed by atoms with Gasteiger partial charge in [-0.15, -0.1) is 0 Å². The Bertz CT molecular complexity index is 631. The van der Waals surface area contributed by atoms with Gasteiger partial charge < -0.3 is 24.0 Å². The molecule has 2 aliphatic rings. The number of carbonyl (C=O) groups is 1. The van der Waals surface area contributed by atoms with Crippen LogP contribution in [0.4, 0.5) is 0 Å². The third-order valence-electron chi connectivity index (χ3n) is 5.46. The molecule has 0 N–H and O–H groups in total. The average Bonchev–Trinajstić information content (AvgIpc) is 3.36. The second-order valence-electron chi connectivity index (χ2n) is 7.40. The molecule has 1 atom stereocenters. The summed E-state index contributed by atoms with van der Waals surface area (Å²) in [5.41, 5.74) is 0.615. The van der Waals surface area contributed by atoms with Crippen LogP contribution in [0.5, 0.6) is 17.2 Å². The smallest absolute Gasteiger partial charge is 0.254 e. The lowest BCUT2D eigenvalue weighted by Crippen LogP contribution is -2.42. The molecule has 1 unspecified atom stereocenters. The molecule has 6 nitrogen and oxygen atoms in total. The van der Waals surface area contributed by atoms with Gasteiger partial charge in [-0.05, 0) is 71.7 Å². The van der Waals surface area contributed by atoms with Crippen molar-refractivity contribution in [3.8, 4) is 17.2 Å². The molecule has 3 rings (SSSR count). The Kier molecular flexibility index (Phi) is 7.43. The summed E-state index contributed by atoms with van der Waals surface area (Å²) in [6.45, 7) is 11.4. The molecule has 2 saturated heterocycles. The van der Waals surface area contributed by atoms with Gasteiger partial charge in [0.05, 0.1) is 19.8 Å². The third kappa shape index (κ3) is 4.72. The molecule has 0 spiro atoms. The molecule has 0 saturated carbocycles. The van der Waals surface area contributed by atoms with Crippen molar-refractivity contribution < 1.29 is 19.0 Å². The number of rotatable bonds is 9. The Morgan fingerprint density at radius 2 is 1.54 bits per heavy atom. The first kappa shape index (κ1) is 20.8. The lowest BCUT2D eigenvalue weighted by atomic mass is 10.1. The van der Waals surface area contributed by atoms with Crippen LogP contribution in [0.1, 0.15) is 56.8 Å². The highest BCUT2D eigenvalue weighted by Gasteiger charge is 2.32. The fourth-order valence-corrected chi connectivity index (χ4v) is 4.23. The van der Waals surface area contributed by atoms with Crippen LogP contribution in [0.3, 0.4) is 0 Å². The van der Waals surface area contributed by atoms with Crippen LogP contribution in [0.2, 0.25) is 0 Å². The van der Waals surface area contributed by atoms with E-state index >= 15 is 0 Å². The number of amides is 1. The van der Waals surface area contributed by atoms with Crippen molar-refractivity contribution >= 4 is 5.91 Å². The Hall–Kier alpha value is -1.95. The van der Waals surface area contributed by atoms with E-state index < -0.39 is 0 Å². The van der Waals surface area contributed by atoms with Crippen LogP contribution >= 0.6 is 0 Å². The first-order valence-corrected chi connectivity index (χ1v) is 10.8. The van der Waals surface area contributed by atoms with Crippen molar-refractivity contribution in [3.05, 3.63) is 17.7 Å². The van der Waals surface area contributed by atoms with E-state index in [-0.39, 0.29) is 5.91 Å². The summed E-state index contributed by atoms with van der Waals surface area (Å²) in [4.78, 5) is 17.9. The molecule has 0 aromatic heterocycles. The van der Waals surface area contributed by atoms with Gasteiger partial charge in [0.1, 0.15) is 0 Å². The van der Waals surface area contributed by atoms with Gasteiger partial charge in [0.2, 0.25) is 5.75 Å². The summed E-state index contributed by atoms with van der Waals surface area (Å²) in [6.07, 6.45) is 4.69. The summed E-state index contributed by atoms with van der Waals surface area (Å²) >= 11 is 0. The van der Waals surface area contributed by atoms with Crippen LogP contribution < -0.4 is 14.2 Å². The Morgan fingerprint density at radius 1 is 0.929 bits per heavy atom. The van der Waals surface area contributed by atoms with E-state index in [2.05, 4.69) is 4.90 Å². The van der Waals surface area contributed by atoms with Crippen molar-refractivity contribution in [2.45, 2.75) is 52.5 Å². The zero-order valence-corrected chi connectivity index (χ0v) is 17.5. The fraction of sp³-hybridized carbons (Fsp3) is 0.682. The van der Waals surface area contributed by atoms with Crippen molar-refractivity contribution in [3.63, 3.8) is 0 Å². The topological polar surface area (TPSA) is 51.2 Å². The number of hydrogen-bond acceptors (Lipinski definition) is 5. The zero-order valence-electron chi connectivity index (χ0n) is 17.5. The number of likely N-dealkylation sites (tertiary alicyclic amines) is 2. The van der Waals surface area contributed by atoms with Gasteiger partial charge in [-0.1, -0.05) is 0 Å².